The molecule has 0 saturated carbocycles. The summed E-state index contributed by atoms with van der Waals surface area (Å²) >= 11 is 0. The molecule has 1 rings (SSSR count). The maximum atomic E-state index is 13.8. The lowest BCUT2D eigenvalue weighted by Gasteiger charge is -2.22. The first kappa shape index (κ1) is 21.2. The Morgan fingerprint density at radius 3 is 2.29 bits per heavy atom. The fourth-order valence-electron chi connectivity index (χ4n) is 3.10. The molecule has 0 N–H and O–H groups in total. The van der Waals surface area contributed by atoms with Gasteiger partial charge in [0.1, 0.15) is 0 Å². The van der Waals surface area contributed by atoms with Gasteiger partial charge in [-0.3, -0.25) is 0 Å². The van der Waals surface area contributed by atoms with Crippen molar-refractivity contribution in [3.63, 3.8) is 0 Å². The molecule has 0 aromatic heterocycles. The van der Waals surface area contributed by atoms with Gasteiger partial charge in [-0.2, -0.15) is 0 Å². The van der Waals surface area contributed by atoms with Crippen molar-refractivity contribution >= 4 is 8.07 Å². The van der Waals surface area contributed by atoms with E-state index in [1.807, 2.05) is 12.1 Å². The van der Waals surface area contributed by atoms with Crippen LogP contribution in [0.2, 0.25) is 25.2 Å². The Kier molecular flexibility index (Phi) is 10.3. The van der Waals surface area contributed by atoms with Crippen LogP contribution in [0.5, 0.6) is 5.75 Å². The molecule has 0 radical (unpaired) electrons. The van der Waals surface area contributed by atoms with Gasteiger partial charge in [0.2, 0.25) is 0 Å². The molecule has 1 nitrogen and oxygen atoms in total. The lowest BCUT2D eigenvalue weighted by Crippen LogP contribution is -2.24. The van der Waals surface area contributed by atoms with Crippen LogP contribution in [0.4, 0.5) is 4.39 Å². The van der Waals surface area contributed by atoms with Crippen molar-refractivity contribution in [3.8, 4) is 5.75 Å². The number of halogens is 1. The Morgan fingerprint density at radius 2 is 1.58 bits per heavy atom. The summed E-state index contributed by atoms with van der Waals surface area (Å²) in [5.74, 6) is 0.201. The van der Waals surface area contributed by atoms with Crippen LogP contribution in [0.1, 0.15) is 64.4 Å². The van der Waals surface area contributed by atoms with Gasteiger partial charge in [0.25, 0.3) is 0 Å². The van der Waals surface area contributed by atoms with Gasteiger partial charge in [-0.25, -0.2) is 4.39 Å². The van der Waals surface area contributed by atoms with E-state index in [-0.39, 0.29) is 5.82 Å². The summed E-state index contributed by atoms with van der Waals surface area (Å²) in [6.45, 7) is 10.1. The van der Waals surface area contributed by atoms with Gasteiger partial charge < -0.3 is 4.74 Å². The van der Waals surface area contributed by atoms with Gasteiger partial charge in [-0.05, 0) is 30.5 Å². The summed E-state index contributed by atoms with van der Waals surface area (Å²) in [5, 5.41) is 0. The lowest BCUT2D eigenvalue weighted by molar-refractivity contribution is 0.291. The van der Waals surface area contributed by atoms with E-state index in [1.165, 1.54) is 43.3 Å². The van der Waals surface area contributed by atoms with Crippen LogP contribution in [0.25, 0.3) is 0 Å². The average Bonchev–Trinajstić information content (AvgIpc) is 2.54. The normalized spacial score (nSPS) is 11.7. The van der Waals surface area contributed by atoms with Gasteiger partial charge >= 0.3 is 0 Å². The highest BCUT2D eigenvalue weighted by atomic mass is 28.3. The van der Waals surface area contributed by atoms with Crippen molar-refractivity contribution in [3.05, 3.63) is 29.6 Å². The topological polar surface area (TPSA) is 9.23 Å². The smallest absolute Gasteiger partial charge is 0.165 e. The third kappa shape index (κ3) is 8.86. The van der Waals surface area contributed by atoms with Gasteiger partial charge in [-0.1, -0.05) is 83.6 Å². The minimum Gasteiger partial charge on any atom is -0.491 e. The summed E-state index contributed by atoms with van der Waals surface area (Å²) in [6, 6.07) is 8.19. The Balaban J connectivity index is 2.41. The molecule has 0 aliphatic carbocycles. The Labute approximate surface area is 150 Å². The first-order valence-corrected chi connectivity index (χ1v) is 13.3. The van der Waals surface area contributed by atoms with E-state index in [1.54, 1.807) is 6.07 Å². The van der Waals surface area contributed by atoms with Gasteiger partial charge in [0.05, 0.1) is 6.61 Å². The van der Waals surface area contributed by atoms with Crippen molar-refractivity contribution in [1.82, 2.24) is 0 Å². The molecule has 0 saturated heterocycles. The molecule has 0 atom stereocenters. The molecule has 0 heterocycles. The minimum atomic E-state index is -1.05. The maximum Gasteiger partial charge on any atom is 0.165 e. The molecule has 0 aliphatic heterocycles. The lowest BCUT2D eigenvalue weighted by atomic mass is 10.1. The number of aryl methyl sites for hydroxylation is 1. The predicted octanol–water partition coefficient (Wildman–Crippen LogP) is 7.23. The van der Waals surface area contributed by atoms with Gasteiger partial charge in [0, 0.05) is 8.07 Å². The summed E-state index contributed by atoms with van der Waals surface area (Å²) in [7, 11) is -1.05. The van der Waals surface area contributed by atoms with Crippen molar-refractivity contribution in [2.24, 2.45) is 0 Å². The SMILES string of the molecule is CCCCCOc1cc(CCC[Si](C)(C)CCCCC)ccc1F. The fourth-order valence-corrected chi connectivity index (χ4v) is 5.69. The first-order valence-electron chi connectivity index (χ1n) is 9.89. The van der Waals surface area contributed by atoms with Crippen LogP contribution in [-0.4, -0.2) is 14.7 Å². The third-order valence-corrected chi connectivity index (χ3v) is 8.19. The van der Waals surface area contributed by atoms with Crippen LogP contribution < -0.4 is 4.74 Å². The molecular formula is C21H37FOSi. The monoisotopic (exact) mass is 352 g/mol. The highest BCUT2D eigenvalue weighted by Gasteiger charge is 2.19. The van der Waals surface area contributed by atoms with E-state index in [9.17, 15) is 4.39 Å². The molecule has 0 fully saturated rings. The standard InChI is InChI=1S/C21H37FOSi/c1-5-7-9-15-23-21-18-19(13-14-20(21)22)12-11-17-24(3,4)16-10-8-6-2/h13-14,18H,5-12,15-17H2,1-4H3. The Morgan fingerprint density at radius 1 is 0.917 bits per heavy atom. The molecule has 24 heavy (non-hydrogen) atoms. The molecule has 1 aromatic carbocycles. The quantitative estimate of drug-likeness (QED) is 0.269. The molecule has 0 aliphatic rings. The summed E-state index contributed by atoms with van der Waals surface area (Å²) in [6.07, 6.45) is 9.61. The van der Waals surface area contributed by atoms with Crippen LogP contribution in [-0.2, 0) is 6.42 Å². The second-order valence-corrected chi connectivity index (χ2v) is 13.1. The maximum absolute atomic E-state index is 13.8. The number of ether oxygens (including phenoxy) is 1. The highest BCUT2D eigenvalue weighted by molar-refractivity contribution is 6.77. The van der Waals surface area contributed by atoms with E-state index < -0.39 is 8.07 Å². The molecule has 0 unspecified atom stereocenters. The zero-order valence-corrected chi connectivity index (χ0v) is 17.3. The van der Waals surface area contributed by atoms with Crippen LogP contribution in [0.15, 0.2) is 18.2 Å². The third-order valence-electron chi connectivity index (χ3n) is 4.78. The van der Waals surface area contributed by atoms with Crippen molar-refractivity contribution in [2.45, 2.75) is 90.4 Å². The summed E-state index contributed by atoms with van der Waals surface area (Å²) in [4.78, 5) is 0. The van der Waals surface area contributed by atoms with E-state index in [0.717, 1.165) is 25.7 Å². The predicted molar refractivity (Wildman–Crippen MR) is 106 cm³/mol. The van der Waals surface area contributed by atoms with Gasteiger partial charge in [-0.15, -0.1) is 0 Å². The summed E-state index contributed by atoms with van der Waals surface area (Å²) in [5.41, 5.74) is 1.21. The summed E-state index contributed by atoms with van der Waals surface area (Å²) < 4.78 is 19.5. The van der Waals surface area contributed by atoms with Crippen molar-refractivity contribution in [1.29, 1.82) is 0 Å². The van der Waals surface area contributed by atoms with E-state index in [0.29, 0.717) is 12.4 Å². The Bertz CT molecular complexity index is 459. The highest BCUT2D eigenvalue weighted by Crippen LogP contribution is 2.24. The number of benzene rings is 1. The molecule has 1 aromatic rings. The number of unbranched alkanes of at least 4 members (excludes halogenated alkanes) is 4. The van der Waals surface area contributed by atoms with Gasteiger partial charge in [0.15, 0.2) is 11.6 Å². The van der Waals surface area contributed by atoms with Crippen LogP contribution in [0, 0.1) is 5.82 Å². The van der Waals surface area contributed by atoms with Crippen molar-refractivity contribution in [2.75, 3.05) is 6.61 Å². The fraction of sp³-hybridized carbons (Fsp3) is 0.714. The minimum absolute atomic E-state index is 0.232. The molecule has 3 heteroatoms. The zero-order valence-electron chi connectivity index (χ0n) is 16.3. The molecule has 0 amide bonds. The largest absolute Gasteiger partial charge is 0.491 e. The second kappa shape index (κ2) is 11.7. The molecule has 138 valence electrons. The molecular weight excluding hydrogens is 315 g/mol. The van der Waals surface area contributed by atoms with E-state index in [4.69, 9.17) is 4.74 Å². The number of rotatable bonds is 13. The first-order chi connectivity index (χ1) is 11.5. The molecule has 0 spiro atoms. The average molecular weight is 353 g/mol. The second-order valence-electron chi connectivity index (χ2n) is 7.80. The number of hydrogen-bond donors (Lipinski definition) is 0. The van der Waals surface area contributed by atoms with Crippen LogP contribution >= 0.6 is 0 Å². The number of hydrogen-bond acceptors (Lipinski definition) is 1. The van der Waals surface area contributed by atoms with Crippen molar-refractivity contribution < 1.29 is 9.13 Å². The zero-order chi connectivity index (χ0) is 17.8. The van der Waals surface area contributed by atoms with E-state index >= 15 is 0 Å². The van der Waals surface area contributed by atoms with Crippen LogP contribution in [0.3, 0.4) is 0 Å². The van der Waals surface area contributed by atoms with E-state index in [2.05, 4.69) is 26.9 Å². The molecule has 0 bridgehead atoms. The Hall–Kier alpha value is -0.833.